The van der Waals surface area contributed by atoms with E-state index in [1.165, 1.54) is 11.3 Å². The van der Waals surface area contributed by atoms with E-state index in [-0.39, 0.29) is 23.3 Å². The zero-order valence-electron chi connectivity index (χ0n) is 17.2. The van der Waals surface area contributed by atoms with Crippen molar-refractivity contribution >= 4 is 44.4 Å². The monoisotopic (exact) mass is 469 g/mol. The Hall–Kier alpha value is -3.01. The van der Waals surface area contributed by atoms with Gasteiger partial charge < -0.3 is 10.6 Å². The third-order valence-electron chi connectivity index (χ3n) is 5.24. The first-order valence-corrected chi connectivity index (χ1v) is 12.9. The molecule has 0 radical (unpaired) electrons. The van der Waals surface area contributed by atoms with Crippen molar-refractivity contribution in [1.82, 2.24) is 4.90 Å². The molecule has 1 unspecified atom stereocenters. The van der Waals surface area contributed by atoms with Crippen LogP contribution < -0.4 is 10.6 Å². The zero-order valence-corrected chi connectivity index (χ0v) is 18.9. The van der Waals surface area contributed by atoms with E-state index in [9.17, 15) is 18.0 Å². The highest BCUT2D eigenvalue weighted by atomic mass is 32.2. The molecule has 166 valence electrons. The Morgan fingerprint density at radius 1 is 0.875 bits per heavy atom. The van der Waals surface area contributed by atoms with E-state index in [0.717, 1.165) is 5.56 Å². The molecule has 0 bridgehead atoms. The smallest absolute Gasteiger partial charge is 0.265 e. The molecule has 2 amide bonds. The third kappa shape index (κ3) is 5.42. The summed E-state index contributed by atoms with van der Waals surface area (Å²) in [6.45, 7) is 0.596. The normalized spacial score (nSPS) is 16.8. The molecule has 0 aliphatic carbocycles. The van der Waals surface area contributed by atoms with Gasteiger partial charge in [0.2, 0.25) is 5.91 Å². The van der Waals surface area contributed by atoms with Crippen LogP contribution in [0.1, 0.15) is 21.3 Å². The number of nitrogens with zero attached hydrogens (tertiary/aromatic N) is 1. The fourth-order valence-corrected chi connectivity index (χ4v) is 5.48. The molecule has 0 spiro atoms. The average molecular weight is 470 g/mol. The molecule has 4 rings (SSSR count). The van der Waals surface area contributed by atoms with Crippen LogP contribution in [-0.4, -0.2) is 49.7 Å². The second-order valence-corrected chi connectivity index (χ2v) is 10.8. The van der Waals surface area contributed by atoms with Crippen LogP contribution in [0.15, 0.2) is 72.1 Å². The first-order valence-electron chi connectivity index (χ1n) is 10.2. The van der Waals surface area contributed by atoms with Crippen LogP contribution in [0.2, 0.25) is 0 Å². The summed E-state index contributed by atoms with van der Waals surface area (Å²) in [6.07, 6.45) is 0. The molecule has 1 atom stereocenters. The Bertz CT molecular complexity index is 1180. The fraction of sp³-hybridized carbons (Fsp3) is 0.217. The summed E-state index contributed by atoms with van der Waals surface area (Å²) in [5.41, 5.74) is 1.91. The summed E-state index contributed by atoms with van der Waals surface area (Å²) in [7, 11) is -3.06. The Kier molecular flexibility index (Phi) is 6.69. The van der Waals surface area contributed by atoms with Crippen molar-refractivity contribution in [1.29, 1.82) is 0 Å². The molecule has 32 heavy (non-hydrogen) atoms. The quantitative estimate of drug-likeness (QED) is 0.577. The molecule has 7 nitrogen and oxygen atoms in total. The van der Waals surface area contributed by atoms with Crippen molar-refractivity contribution in [3.05, 3.63) is 82.6 Å². The minimum absolute atomic E-state index is 0.0356. The lowest BCUT2D eigenvalue weighted by Gasteiger charge is -2.33. The highest BCUT2D eigenvalue weighted by Gasteiger charge is 2.32. The van der Waals surface area contributed by atoms with Gasteiger partial charge in [-0.3, -0.25) is 14.5 Å². The average Bonchev–Trinajstić information content (AvgIpc) is 3.31. The van der Waals surface area contributed by atoms with Gasteiger partial charge in [0.05, 0.1) is 16.4 Å². The zero-order chi connectivity index (χ0) is 22.6. The standard InChI is InChI=1S/C23H23N3O4S2/c27-22(20-10-5-13-31-20)24-18-8-4-9-19(16-18)25-23(28)21(17-6-2-1-3-7-17)26-11-14-32(29,30)15-12-26/h1-10,13,16,21H,11-12,14-15H2,(H,24,27)(H,25,28). The first kappa shape index (κ1) is 22.2. The van der Waals surface area contributed by atoms with Crippen molar-refractivity contribution in [2.45, 2.75) is 6.04 Å². The maximum absolute atomic E-state index is 13.3. The van der Waals surface area contributed by atoms with Gasteiger partial charge in [-0.25, -0.2) is 8.42 Å². The summed E-state index contributed by atoms with van der Waals surface area (Å²) in [5, 5.41) is 7.60. The van der Waals surface area contributed by atoms with Crippen LogP contribution in [0.5, 0.6) is 0 Å². The number of nitrogens with one attached hydrogen (secondary N) is 2. The molecular formula is C23H23N3O4S2. The number of rotatable bonds is 6. The molecular weight excluding hydrogens is 446 g/mol. The van der Waals surface area contributed by atoms with Gasteiger partial charge in [0, 0.05) is 24.5 Å². The lowest BCUT2D eigenvalue weighted by atomic mass is 10.0. The Morgan fingerprint density at radius 2 is 1.56 bits per heavy atom. The van der Waals surface area contributed by atoms with Crippen LogP contribution >= 0.6 is 11.3 Å². The summed E-state index contributed by atoms with van der Waals surface area (Å²) in [5.74, 6) is -0.390. The van der Waals surface area contributed by atoms with Crippen LogP contribution in [0.4, 0.5) is 11.4 Å². The minimum Gasteiger partial charge on any atom is -0.324 e. The summed E-state index contributed by atoms with van der Waals surface area (Å²) in [6, 6.07) is 19.2. The second-order valence-electron chi connectivity index (χ2n) is 7.50. The Labute approximate surface area is 191 Å². The van der Waals surface area contributed by atoms with E-state index in [0.29, 0.717) is 29.3 Å². The summed E-state index contributed by atoms with van der Waals surface area (Å²) >= 11 is 1.35. The van der Waals surface area contributed by atoms with Gasteiger partial charge in [-0.1, -0.05) is 42.5 Å². The molecule has 1 fully saturated rings. The van der Waals surface area contributed by atoms with Crippen molar-refractivity contribution in [3.63, 3.8) is 0 Å². The summed E-state index contributed by atoms with van der Waals surface area (Å²) < 4.78 is 23.7. The number of amides is 2. The van der Waals surface area contributed by atoms with Crippen molar-refractivity contribution in [2.75, 3.05) is 35.2 Å². The lowest BCUT2D eigenvalue weighted by molar-refractivity contribution is -0.121. The van der Waals surface area contributed by atoms with Gasteiger partial charge in [-0.2, -0.15) is 0 Å². The van der Waals surface area contributed by atoms with Crippen LogP contribution in [0.3, 0.4) is 0 Å². The Morgan fingerprint density at radius 3 is 2.22 bits per heavy atom. The maximum atomic E-state index is 13.3. The van der Waals surface area contributed by atoms with E-state index in [1.807, 2.05) is 46.7 Å². The van der Waals surface area contributed by atoms with Gasteiger partial charge in [-0.05, 0) is 35.2 Å². The van der Waals surface area contributed by atoms with Gasteiger partial charge in [0.1, 0.15) is 6.04 Å². The predicted molar refractivity (Wildman–Crippen MR) is 127 cm³/mol. The minimum atomic E-state index is -3.06. The molecule has 0 saturated carbocycles. The van der Waals surface area contributed by atoms with Crippen molar-refractivity contribution in [3.8, 4) is 0 Å². The van der Waals surface area contributed by atoms with Crippen LogP contribution in [-0.2, 0) is 14.6 Å². The number of hydrogen-bond donors (Lipinski definition) is 2. The van der Waals surface area contributed by atoms with Gasteiger partial charge in [0.25, 0.3) is 5.91 Å². The number of carbonyl (C=O) groups is 2. The largest absolute Gasteiger partial charge is 0.324 e. The lowest BCUT2D eigenvalue weighted by Crippen LogP contribution is -2.46. The molecule has 1 aliphatic rings. The molecule has 1 aliphatic heterocycles. The Balaban J connectivity index is 1.51. The predicted octanol–water partition coefficient (Wildman–Crippen LogP) is 3.41. The maximum Gasteiger partial charge on any atom is 0.265 e. The number of sulfone groups is 1. The van der Waals surface area contributed by atoms with E-state index >= 15 is 0 Å². The van der Waals surface area contributed by atoms with E-state index < -0.39 is 15.9 Å². The first-order chi connectivity index (χ1) is 15.4. The number of thiophene rings is 1. The number of anilines is 2. The van der Waals surface area contributed by atoms with E-state index in [4.69, 9.17) is 0 Å². The van der Waals surface area contributed by atoms with Gasteiger partial charge in [-0.15, -0.1) is 11.3 Å². The van der Waals surface area contributed by atoms with Crippen molar-refractivity contribution in [2.24, 2.45) is 0 Å². The number of carbonyl (C=O) groups excluding carboxylic acids is 2. The number of hydrogen-bond acceptors (Lipinski definition) is 6. The van der Waals surface area contributed by atoms with E-state index in [1.54, 1.807) is 30.3 Å². The number of benzene rings is 2. The molecule has 2 aromatic carbocycles. The van der Waals surface area contributed by atoms with Crippen LogP contribution in [0.25, 0.3) is 0 Å². The topological polar surface area (TPSA) is 95.6 Å². The van der Waals surface area contributed by atoms with Crippen LogP contribution in [0, 0.1) is 0 Å². The van der Waals surface area contributed by atoms with Gasteiger partial charge in [0.15, 0.2) is 9.84 Å². The highest BCUT2D eigenvalue weighted by Crippen LogP contribution is 2.26. The highest BCUT2D eigenvalue weighted by molar-refractivity contribution is 7.91. The molecule has 9 heteroatoms. The van der Waals surface area contributed by atoms with Crippen molar-refractivity contribution < 1.29 is 18.0 Å². The summed E-state index contributed by atoms with van der Waals surface area (Å²) in [4.78, 5) is 28.1. The second kappa shape index (κ2) is 9.64. The third-order valence-corrected chi connectivity index (χ3v) is 7.72. The molecule has 1 saturated heterocycles. The van der Waals surface area contributed by atoms with E-state index in [2.05, 4.69) is 10.6 Å². The molecule has 2 heterocycles. The molecule has 2 N–H and O–H groups in total. The SMILES string of the molecule is O=C(Nc1cccc(NC(=O)C(c2ccccc2)N2CCS(=O)(=O)CC2)c1)c1cccs1. The molecule has 3 aromatic rings. The van der Waals surface area contributed by atoms with Gasteiger partial charge >= 0.3 is 0 Å². The fourth-order valence-electron chi connectivity index (χ4n) is 3.63. The molecule has 1 aromatic heterocycles.